The van der Waals surface area contributed by atoms with E-state index in [2.05, 4.69) is 27.1 Å². The van der Waals surface area contributed by atoms with Crippen molar-refractivity contribution < 1.29 is 13.9 Å². The number of anilines is 2. The molecule has 1 saturated heterocycles. The van der Waals surface area contributed by atoms with E-state index in [1.54, 1.807) is 26.2 Å². The fourth-order valence-corrected chi connectivity index (χ4v) is 5.60. The zero-order valence-corrected chi connectivity index (χ0v) is 20.5. The highest BCUT2D eigenvalue weighted by Crippen LogP contribution is 2.42. The number of rotatable bonds is 7. The predicted octanol–water partition coefficient (Wildman–Crippen LogP) is 5.84. The largest absolute Gasteiger partial charge is 0.493 e. The first-order valence-electron chi connectivity index (χ1n) is 11.9. The molecule has 1 aromatic heterocycles. The third-order valence-electron chi connectivity index (χ3n) is 7.30. The molecule has 2 aromatic carbocycles. The molecule has 34 heavy (non-hydrogen) atoms. The lowest BCUT2D eigenvalue weighted by atomic mass is 10.0. The first-order chi connectivity index (χ1) is 16.5. The number of nitrogens with zero attached hydrogens (tertiary/aromatic N) is 3. The van der Waals surface area contributed by atoms with Gasteiger partial charge in [-0.25, -0.2) is 14.4 Å². The van der Waals surface area contributed by atoms with Crippen LogP contribution in [0.3, 0.4) is 0 Å². The minimum atomic E-state index is -0.510. The van der Waals surface area contributed by atoms with Crippen molar-refractivity contribution in [2.24, 2.45) is 17.8 Å². The second kappa shape index (κ2) is 9.55. The van der Waals surface area contributed by atoms with E-state index in [9.17, 15) is 4.39 Å². The molecule has 2 fully saturated rings. The van der Waals surface area contributed by atoms with Crippen LogP contribution in [0.5, 0.6) is 11.5 Å². The Balaban J connectivity index is 1.34. The monoisotopic (exact) mass is 484 g/mol. The molecule has 1 N–H and O–H groups in total. The number of hydrogen-bond donors (Lipinski definition) is 1. The maximum atomic E-state index is 14.6. The fourth-order valence-electron chi connectivity index (χ4n) is 5.43. The van der Waals surface area contributed by atoms with Crippen LogP contribution in [0.15, 0.2) is 30.6 Å². The highest BCUT2D eigenvalue weighted by molar-refractivity contribution is 6.31. The zero-order valence-electron chi connectivity index (χ0n) is 19.8. The van der Waals surface area contributed by atoms with Gasteiger partial charge in [-0.3, -0.25) is 0 Å². The number of hydrogen-bond acceptors (Lipinski definition) is 6. The van der Waals surface area contributed by atoms with Crippen molar-refractivity contribution in [1.29, 1.82) is 0 Å². The van der Waals surface area contributed by atoms with Crippen LogP contribution in [0.1, 0.15) is 25.3 Å². The van der Waals surface area contributed by atoms with Gasteiger partial charge in [0.05, 0.1) is 29.9 Å². The lowest BCUT2D eigenvalue weighted by Gasteiger charge is -2.18. The number of likely N-dealkylation sites (tertiary alicyclic amines) is 1. The average Bonchev–Trinajstić information content (AvgIpc) is 3.41. The van der Waals surface area contributed by atoms with Crippen LogP contribution in [0.4, 0.5) is 15.9 Å². The summed E-state index contributed by atoms with van der Waals surface area (Å²) in [4.78, 5) is 11.3. The molecule has 3 aromatic rings. The van der Waals surface area contributed by atoms with Gasteiger partial charge in [0.2, 0.25) is 0 Å². The third-order valence-corrected chi connectivity index (χ3v) is 7.76. The van der Waals surface area contributed by atoms with E-state index in [1.807, 2.05) is 12.1 Å². The highest BCUT2D eigenvalue weighted by Gasteiger charge is 2.40. The van der Waals surface area contributed by atoms with Gasteiger partial charge in [0, 0.05) is 24.5 Å². The molecular weight excluding hydrogens is 455 g/mol. The van der Waals surface area contributed by atoms with Crippen LogP contribution in [-0.4, -0.2) is 48.2 Å². The summed E-state index contributed by atoms with van der Waals surface area (Å²) in [6, 6.07) is 7.12. The Morgan fingerprint density at radius 1 is 1.15 bits per heavy atom. The first-order valence-corrected chi connectivity index (χ1v) is 12.2. The molecule has 2 aliphatic rings. The average molecular weight is 485 g/mol. The SMILES string of the molecule is CCN1C[C@H]2C[C@@H](COc3cc4ncnc(Nc5ccc(C)c(Cl)c5F)c4cc3OC)C[C@H]2C1. The summed E-state index contributed by atoms with van der Waals surface area (Å²) in [6.07, 6.45) is 3.89. The smallest absolute Gasteiger partial charge is 0.165 e. The molecule has 0 unspecified atom stereocenters. The fraction of sp³-hybridized carbons (Fsp3) is 0.462. The predicted molar refractivity (Wildman–Crippen MR) is 133 cm³/mol. The minimum absolute atomic E-state index is 0.0927. The number of methoxy groups -OCH3 is 1. The highest BCUT2D eigenvalue weighted by atomic mass is 35.5. The van der Waals surface area contributed by atoms with E-state index >= 15 is 0 Å². The van der Waals surface area contributed by atoms with Crippen molar-refractivity contribution in [1.82, 2.24) is 14.9 Å². The molecule has 180 valence electrons. The Labute approximate surface area is 204 Å². The lowest BCUT2D eigenvalue weighted by Crippen LogP contribution is -2.22. The van der Waals surface area contributed by atoms with Gasteiger partial charge in [0.1, 0.15) is 12.1 Å². The number of nitrogens with one attached hydrogen (secondary N) is 1. The van der Waals surface area contributed by atoms with Crippen LogP contribution in [0, 0.1) is 30.5 Å². The van der Waals surface area contributed by atoms with E-state index in [0.29, 0.717) is 46.3 Å². The number of aryl methyl sites for hydroxylation is 1. The van der Waals surface area contributed by atoms with E-state index in [-0.39, 0.29) is 10.7 Å². The van der Waals surface area contributed by atoms with E-state index < -0.39 is 5.82 Å². The molecule has 0 radical (unpaired) electrons. The quantitative estimate of drug-likeness (QED) is 0.454. The second-order valence-electron chi connectivity index (χ2n) is 9.45. The van der Waals surface area contributed by atoms with Gasteiger partial charge in [0.25, 0.3) is 0 Å². The zero-order chi connectivity index (χ0) is 23.8. The summed E-state index contributed by atoms with van der Waals surface area (Å²) in [5.74, 6) is 3.38. The van der Waals surface area contributed by atoms with Crippen LogP contribution in [0.2, 0.25) is 5.02 Å². The molecule has 1 aliphatic carbocycles. The molecule has 0 bridgehead atoms. The van der Waals surface area contributed by atoms with Gasteiger partial charge in [-0.15, -0.1) is 0 Å². The summed E-state index contributed by atoms with van der Waals surface area (Å²) < 4.78 is 26.5. The maximum absolute atomic E-state index is 14.6. The molecule has 0 spiro atoms. The summed E-state index contributed by atoms with van der Waals surface area (Å²) in [7, 11) is 1.61. The Hall–Kier alpha value is -2.64. The Morgan fingerprint density at radius 3 is 2.62 bits per heavy atom. The van der Waals surface area contributed by atoms with Crippen molar-refractivity contribution in [2.75, 3.05) is 38.7 Å². The molecule has 6 nitrogen and oxygen atoms in total. The number of halogens is 2. The molecule has 0 amide bonds. The third kappa shape index (κ3) is 4.39. The standard InChI is InChI=1S/C26H30ClFN4O2/c1-4-32-11-17-7-16(8-18(17)12-32)13-34-23-10-21-19(9-22(23)33-3)26(30-14-29-21)31-20-6-5-15(2)24(27)25(20)28/h5-6,9-10,14,16-18H,4,7-8,11-13H2,1-3H3,(H,29,30,31)/t16-,17-,18+. The van der Waals surface area contributed by atoms with Crippen molar-refractivity contribution in [3.8, 4) is 11.5 Å². The number of benzene rings is 2. The molecule has 2 heterocycles. The van der Waals surface area contributed by atoms with Gasteiger partial charge in [-0.1, -0.05) is 24.6 Å². The summed E-state index contributed by atoms with van der Waals surface area (Å²) in [6.45, 7) is 8.26. The Kier molecular flexibility index (Phi) is 6.49. The van der Waals surface area contributed by atoms with Crippen molar-refractivity contribution in [2.45, 2.75) is 26.7 Å². The molecular formula is C26H30ClFN4O2. The van der Waals surface area contributed by atoms with E-state index in [4.69, 9.17) is 21.1 Å². The van der Waals surface area contributed by atoms with Crippen molar-refractivity contribution in [3.63, 3.8) is 0 Å². The molecule has 1 aliphatic heterocycles. The van der Waals surface area contributed by atoms with E-state index in [0.717, 1.165) is 18.4 Å². The van der Waals surface area contributed by atoms with Gasteiger partial charge in [0.15, 0.2) is 17.3 Å². The summed E-state index contributed by atoms with van der Waals surface area (Å²) in [5, 5.41) is 3.85. The number of ether oxygens (including phenoxy) is 2. The maximum Gasteiger partial charge on any atom is 0.165 e. The van der Waals surface area contributed by atoms with Crippen molar-refractivity contribution >= 4 is 34.0 Å². The van der Waals surface area contributed by atoms with Crippen molar-refractivity contribution in [3.05, 3.63) is 47.0 Å². The Morgan fingerprint density at radius 2 is 1.91 bits per heavy atom. The summed E-state index contributed by atoms with van der Waals surface area (Å²) >= 11 is 6.08. The lowest BCUT2D eigenvalue weighted by molar-refractivity contribution is 0.223. The first kappa shape index (κ1) is 23.1. The number of fused-ring (bicyclic) bond motifs is 2. The van der Waals surface area contributed by atoms with Crippen LogP contribution in [0.25, 0.3) is 10.9 Å². The van der Waals surface area contributed by atoms with Gasteiger partial charge >= 0.3 is 0 Å². The van der Waals surface area contributed by atoms with Gasteiger partial charge in [-0.05, 0) is 61.8 Å². The van der Waals surface area contributed by atoms with Crippen LogP contribution < -0.4 is 14.8 Å². The van der Waals surface area contributed by atoms with Gasteiger partial charge < -0.3 is 19.7 Å². The molecule has 3 atom stereocenters. The molecule has 1 saturated carbocycles. The Bertz CT molecular complexity index is 1190. The number of aromatic nitrogens is 2. The van der Waals surface area contributed by atoms with Crippen LogP contribution in [-0.2, 0) is 0 Å². The summed E-state index contributed by atoms with van der Waals surface area (Å²) in [5.41, 5.74) is 1.62. The minimum Gasteiger partial charge on any atom is -0.493 e. The molecule has 8 heteroatoms. The van der Waals surface area contributed by atoms with Gasteiger partial charge in [-0.2, -0.15) is 0 Å². The topological polar surface area (TPSA) is 59.5 Å². The van der Waals surface area contributed by atoms with E-state index in [1.165, 1.54) is 32.3 Å². The molecule has 5 rings (SSSR count). The normalized spacial score (nSPS) is 22.2. The second-order valence-corrected chi connectivity index (χ2v) is 9.82. The van der Waals surface area contributed by atoms with Crippen LogP contribution >= 0.6 is 11.6 Å².